The van der Waals surface area contributed by atoms with Gasteiger partial charge in [0.15, 0.2) is 0 Å². The Hall–Kier alpha value is -1.96. The van der Waals surface area contributed by atoms with Gasteiger partial charge < -0.3 is 15.3 Å². The molecule has 0 saturated carbocycles. The maximum atomic E-state index is 12.6. The highest BCUT2D eigenvalue weighted by molar-refractivity contribution is 6.31. The van der Waals surface area contributed by atoms with Gasteiger partial charge in [0.05, 0.1) is 10.6 Å². The van der Waals surface area contributed by atoms with E-state index < -0.39 is 35.3 Å². The van der Waals surface area contributed by atoms with Crippen LogP contribution in [-0.2, 0) is 11.0 Å². The summed E-state index contributed by atoms with van der Waals surface area (Å²) in [5.41, 5.74) is -1.22. The van der Waals surface area contributed by atoms with Gasteiger partial charge in [0.2, 0.25) is 0 Å². The molecule has 0 bridgehead atoms. The van der Waals surface area contributed by atoms with Crippen molar-refractivity contribution in [3.63, 3.8) is 0 Å². The van der Waals surface area contributed by atoms with Crippen molar-refractivity contribution in [2.75, 3.05) is 18.9 Å². The van der Waals surface area contributed by atoms with Crippen LogP contribution in [0.15, 0.2) is 18.2 Å². The molecule has 110 valence electrons. The van der Waals surface area contributed by atoms with Gasteiger partial charge in [-0.05, 0) is 18.2 Å². The van der Waals surface area contributed by atoms with Crippen molar-refractivity contribution in [1.29, 1.82) is 0 Å². The van der Waals surface area contributed by atoms with Gasteiger partial charge in [-0.3, -0.25) is 4.79 Å². The van der Waals surface area contributed by atoms with E-state index in [-0.39, 0.29) is 5.69 Å². The lowest BCUT2D eigenvalue weighted by Crippen LogP contribution is -2.35. The van der Waals surface area contributed by atoms with Crippen LogP contribution < -0.4 is 5.32 Å². The van der Waals surface area contributed by atoms with Gasteiger partial charge in [0, 0.05) is 12.7 Å². The molecule has 0 heterocycles. The summed E-state index contributed by atoms with van der Waals surface area (Å²) in [5.74, 6) is -1.24. The van der Waals surface area contributed by atoms with Gasteiger partial charge in [-0.25, -0.2) is 4.79 Å². The molecule has 20 heavy (non-hydrogen) atoms. The number of carboxylic acids is 1. The summed E-state index contributed by atoms with van der Waals surface area (Å²) in [7, 11) is 1.20. The number of alkyl halides is 3. The fourth-order valence-electron chi connectivity index (χ4n) is 1.31. The smallest absolute Gasteiger partial charge is 0.417 e. The van der Waals surface area contributed by atoms with Crippen LogP contribution in [0.25, 0.3) is 0 Å². The van der Waals surface area contributed by atoms with E-state index in [1.807, 2.05) is 0 Å². The molecule has 0 aliphatic heterocycles. The number of nitrogens with zero attached hydrogens (tertiary/aromatic N) is 1. The molecule has 0 aliphatic rings. The molecule has 0 atom stereocenters. The molecule has 5 nitrogen and oxygen atoms in total. The first-order chi connectivity index (χ1) is 9.11. The molecule has 0 spiro atoms. The lowest BCUT2D eigenvalue weighted by Gasteiger charge is -2.16. The Labute approximate surface area is 116 Å². The van der Waals surface area contributed by atoms with Crippen molar-refractivity contribution >= 4 is 29.3 Å². The Morgan fingerprint density at radius 1 is 1.40 bits per heavy atom. The number of anilines is 1. The minimum absolute atomic E-state index is 0.135. The number of amides is 2. The highest BCUT2D eigenvalue weighted by atomic mass is 35.5. The monoisotopic (exact) mass is 310 g/mol. The Kier molecular flexibility index (Phi) is 4.83. The molecule has 0 aromatic heterocycles. The average molecular weight is 311 g/mol. The predicted octanol–water partition coefficient (Wildman–Crippen LogP) is 2.91. The maximum Gasteiger partial charge on any atom is 0.417 e. The molecule has 1 aromatic carbocycles. The van der Waals surface area contributed by atoms with Crippen LogP contribution in [0.2, 0.25) is 5.02 Å². The van der Waals surface area contributed by atoms with Crippen LogP contribution in [0.5, 0.6) is 0 Å². The molecule has 0 saturated heterocycles. The number of carbonyl (C=O) groups is 2. The summed E-state index contributed by atoms with van der Waals surface area (Å²) in [6, 6.07) is 2.01. The Balaban J connectivity index is 2.89. The predicted molar refractivity (Wildman–Crippen MR) is 65.7 cm³/mol. The second-order valence-corrected chi connectivity index (χ2v) is 4.28. The topological polar surface area (TPSA) is 69.6 Å². The van der Waals surface area contributed by atoms with E-state index in [9.17, 15) is 22.8 Å². The number of carbonyl (C=O) groups excluding carboxylic acids is 1. The molecule has 0 unspecified atom stereocenters. The number of carboxylic acid groups (broad SMARTS) is 1. The minimum atomic E-state index is -4.65. The molecule has 2 amide bonds. The third-order valence-corrected chi connectivity index (χ3v) is 2.57. The minimum Gasteiger partial charge on any atom is -0.480 e. The third kappa shape index (κ3) is 4.30. The van der Waals surface area contributed by atoms with Gasteiger partial charge in [-0.2, -0.15) is 13.2 Å². The average Bonchev–Trinajstić information content (AvgIpc) is 2.29. The van der Waals surface area contributed by atoms with Crippen LogP contribution in [0.4, 0.5) is 23.7 Å². The Morgan fingerprint density at radius 3 is 2.50 bits per heavy atom. The van der Waals surface area contributed by atoms with E-state index >= 15 is 0 Å². The van der Waals surface area contributed by atoms with Crippen LogP contribution in [0, 0.1) is 0 Å². The van der Waals surface area contributed by atoms with Crippen molar-refractivity contribution in [1.82, 2.24) is 4.90 Å². The zero-order valence-electron chi connectivity index (χ0n) is 10.2. The van der Waals surface area contributed by atoms with E-state index in [4.69, 9.17) is 16.7 Å². The molecule has 2 N–H and O–H groups in total. The second kappa shape index (κ2) is 6.00. The molecule has 1 rings (SSSR count). The number of halogens is 4. The van der Waals surface area contributed by atoms with Gasteiger partial charge in [-0.1, -0.05) is 11.6 Å². The van der Waals surface area contributed by atoms with Crippen molar-refractivity contribution < 1.29 is 27.9 Å². The number of benzene rings is 1. The number of hydrogen-bond donors (Lipinski definition) is 2. The normalized spacial score (nSPS) is 11.1. The molecular weight excluding hydrogens is 301 g/mol. The van der Waals surface area contributed by atoms with Gasteiger partial charge >= 0.3 is 18.2 Å². The number of rotatable bonds is 3. The van der Waals surface area contributed by atoms with Crippen LogP contribution >= 0.6 is 11.6 Å². The first-order valence-corrected chi connectivity index (χ1v) is 5.59. The SMILES string of the molecule is CN(CC(=O)O)C(=O)Nc1ccc(Cl)c(C(F)(F)F)c1. The van der Waals surface area contributed by atoms with Crippen molar-refractivity contribution in [2.24, 2.45) is 0 Å². The molecule has 1 aromatic rings. The standard InChI is InChI=1S/C11H10ClF3N2O3/c1-17(5-9(18)19)10(20)16-6-2-3-8(12)7(4-6)11(13,14)15/h2-4H,5H2,1H3,(H,16,20)(H,18,19). The summed E-state index contributed by atoms with van der Waals surface area (Å²) < 4.78 is 37.8. The van der Waals surface area contributed by atoms with Crippen LogP contribution in [0.1, 0.15) is 5.56 Å². The number of nitrogens with one attached hydrogen (secondary N) is 1. The first-order valence-electron chi connectivity index (χ1n) is 5.22. The van der Waals surface area contributed by atoms with Gasteiger partial charge in [-0.15, -0.1) is 0 Å². The summed E-state index contributed by atoms with van der Waals surface area (Å²) in [4.78, 5) is 22.7. The largest absolute Gasteiger partial charge is 0.480 e. The summed E-state index contributed by atoms with van der Waals surface area (Å²) in [6.45, 7) is -0.578. The lowest BCUT2D eigenvalue weighted by molar-refractivity contribution is -0.138. The fourth-order valence-corrected chi connectivity index (χ4v) is 1.54. The summed E-state index contributed by atoms with van der Waals surface area (Å²) in [5, 5.41) is 10.2. The fraction of sp³-hybridized carbons (Fsp3) is 0.273. The van der Waals surface area contributed by atoms with E-state index in [1.165, 1.54) is 13.1 Å². The van der Waals surface area contributed by atoms with Gasteiger partial charge in [0.1, 0.15) is 6.54 Å². The number of likely N-dealkylation sites (N-methyl/N-ethyl adjacent to an activating group) is 1. The van der Waals surface area contributed by atoms with Crippen molar-refractivity contribution in [3.05, 3.63) is 28.8 Å². The summed E-state index contributed by atoms with van der Waals surface area (Å²) in [6.07, 6.45) is -4.65. The lowest BCUT2D eigenvalue weighted by atomic mass is 10.2. The van der Waals surface area contributed by atoms with E-state index in [0.717, 1.165) is 11.0 Å². The second-order valence-electron chi connectivity index (χ2n) is 3.87. The molecular formula is C11H10ClF3N2O3. The molecule has 0 radical (unpaired) electrons. The Morgan fingerprint density at radius 2 is 2.00 bits per heavy atom. The molecule has 9 heteroatoms. The van der Waals surface area contributed by atoms with Crippen molar-refractivity contribution in [2.45, 2.75) is 6.18 Å². The highest BCUT2D eigenvalue weighted by Crippen LogP contribution is 2.36. The maximum absolute atomic E-state index is 12.6. The highest BCUT2D eigenvalue weighted by Gasteiger charge is 2.33. The Bertz CT molecular complexity index is 534. The zero-order valence-corrected chi connectivity index (χ0v) is 10.9. The quantitative estimate of drug-likeness (QED) is 0.902. The number of hydrogen-bond acceptors (Lipinski definition) is 2. The van der Waals surface area contributed by atoms with E-state index in [1.54, 1.807) is 0 Å². The molecule has 0 aliphatic carbocycles. The van der Waals surface area contributed by atoms with Crippen LogP contribution in [-0.4, -0.2) is 35.6 Å². The van der Waals surface area contributed by atoms with E-state index in [0.29, 0.717) is 6.07 Å². The molecule has 0 fully saturated rings. The zero-order chi connectivity index (χ0) is 15.5. The number of aliphatic carboxylic acids is 1. The van der Waals surface area contributed by atoms with Crippen molar-refractivity contribution in [3.8, 4) is 0 Å². The van der Waals surface area contributed by atoms with Gasteiger partial charge in [0.25, 0.3) is 0 Å². The number of urea groups is 1. The summed E-state index contributed by atoms with van der Waals surface area (Å²) >= 11 is 5.43. The third-order valence-electron chi connectivity index (χ3n) is 2.24. The first kappa shape index (κ1) is 16.1. The van der Waals surface area contributed by atoms with Crippen LogP contribution in [0.3, 0.4) is 0 Å². The van der Waals surface area contributed by atoms with E-state index in [2.05, 4.69) is 5.32 Å².